The molecule has 3 nitrogen and oxygen atoms in total. The average molecular weight is 117 g/mol. The van der Waals surface area contributed by atoms with Crippen LogP contribution >= 0.6 is 0 Å². The van der Waals surface area contributed by atoms with E-state index in [1.807, 2.05) is 6.92 Å². The molecule has 50 valence electrons. The molecular weight excluding hydrogens is 102 g/mol. The summed E-state index contributed by atoms with van der Waals surface area (Å²) in [5, 5.41) is 0. The first-order valence-corrected chi connectivity index (χ1v) is 2.89. The zero-order chi connectivity index (χ0) is 6.57. The van der Waals surface area contributed by atoms with E-state index in [1.54, 1.807) is 0 Å². The SMILES string of the molecule is CC(CCN)C(N)N. The lowest BCUT2D eigenvalue weighted by Crippen LogP contribution is -2.38. The zero-order valence-corrected chi connectivity index (χ0v) is 5.30. The quantitative estimate of drug-likeness (QED) is 0.424. The van der Waals surface area contributed by atoms with E-state index >= 15 is 0 Å². The molecule has 0 aliphatic carbocycles. The number of hydrogen-bond donors (Lipinski definition) is 3. The van der Waals surface area contributed by atoms with Gasteiger partial charge in [0.2, 0.25) is 0 Å². The summed E-state index contributed by atoms with van der Waals surface area (Å²) in [6.45, 7) is 2.67. The van der Waals surface area contributed by atoms with Crippen LogP contribution in [0.3, 0.4) is 0 Å². The second kappa shape index (κ2) is 3.83. The molecule has 0 aliphatic heterocycles. The fourth-order valence-corrected chi connectivity index (χ4v) is 0.455. The summed E-state index contributed by atoms with van der Waals surface area (Å²) >= 11 is 0. The second-order valence-corrected chi connectivity index (χ2v) is 2.13. The van der Waals surface area contributed by atoms with Gasteiger partial charge in [-0.1, -0.05) is 6.92 Å². The summed E-state index contributed by atoms with van der Waals surface area (Å²) in [5.74, 6) is 0.347. The molecule has 0 aromatic heterocycles. The van der Waals surface area contributed by atoms with Crippen LogP contribution in [0.25, 0.3) is 0 Å². The Morgan fingerprint density at radius 1 is 1.38 bits per heavy atom. The minimum atomic E-state index is -0.210. The Bertz CT molecular complexity index is 53.6. The molecule has 3 heteroatoms. The Kier molecular flexibility index (Phi) is 3.77. The summed E-state index contributed by atoms with van der Waals surface area (Å²) in [7, 11) is 0. The highest BCUT2D eigenvalue weighted by atomic mass is 14.9. The molecule has 0 saturated heterocycles. The molecule has 0 radical (unpaired) electrons. The van der Waals surface area contributed by atoms with Gasteiger partial charge in [-0.15, -0.1) is 0 Å². The largest absolute Gasteiger partial charge is 0.330 e. The molecular formula is C5H15N3. The lowest BCUT2D eigenvalue weighted by atomic mass is 10.1. The predicted octanol–water partition coefficient (Wildman–Crippen LogP) is -0.785. The molecule has 0 heterocycles. The molecule has 0 fully saturated rings. The summed E-state index contributed by atoms with van der Waals surface area (Å²) in [5.41, 5.74) is 15.9. The number of nitrogens with two attached hydrogens (primary N) is 3. The van der Waals surface area contributed by atoms with Crippen molar-refractivity contribution in [2.75, 3.05) is 6.54 Å². The minimum Gasteiger partial charge on any atom is -0.330 e. The van der Waals surface area contributed by atoms with Gasteiger partial charge in [-0.25, -0.2) is 0 Å². The van der Waals surface area contributed by atoms with Gasteiger partial charge in [-0.05, 0) is 18.9 Å². The van der Waals surface area contributed by atoms with E-state index in [4.69, 9.17) is 17.2 Å². The van der Waals surface area contributed by atoms with Crippen molar-refractivity contribution in [1.29, 1.82) is 0 Å². The lowest BCUT2D eigenvalue weighted by molar-refractivity contribution is 0.442. The Morgan fingerprint density at radius 3 is 2.00 bits per heavy atom. The molecule has 0 aromatic carbocycles. The van der Waals surface area contributed by atoms with Crippen molar-refractivity contribution in [3.05, 3.63) is 0 Å². The molecule has 0 bridgehead atoms. The maximum Gasteiger partial charge on any atom is 0.0547 e. The molecule has 6 N–H and O–H groups in total. The normalized spacial score (nSPS) is 14.6. The van der Waals surface area contributed by atoms with E-state index in [2.05, 4.69) is 0 Å². The Morgan fingerprint density at radius 2 is 1.88 bits per heavy atom. The van der Waals surface area contributed by atoms with Gasteiger partial charge in [-0.2, -0.15) is 0 Å². The van der Waals surface area contributed by atoms with E-state index in [-0.39, 0.29) is 6.17 Å². The fourth-order valence-electron chi connectivity index (χ4n) is 0.455. The molecule has 0 spiro atoms. The molecule has 0 aromatic rings. The van der Waals surface area contributed by atoms with Crippen molar-refractivity contribution >= 4 is 0 Å². The fraction of sp³-hybridized carbons (Fsp3) is 1.00. The van der Waals surface area contributed by atoms with Crippen molar-refractivity contribution in [3.8, 4) is 0 Å². The van der Waals surface area contributed by atoms with Gasteiger partial charge in [0.1, 0.15) is 0 Å². The summed E-state index contributed by atoms with van der Waals surface area (Å²) in [4.78, 5) is 0. The highest BCUT2D eigenvalue weighted by Crippen LogP contribution is 1.98. The van der Waals surface area contributed by atoms with Gasteiger partial charge in [0.15, 0.2) is 0 Å². The third-order valence-electron chi connectivity index (χ3n) is 1.28. The highest BCUT2D eigenvalue weighted by molar-refractivity contribution is 4.61. The Balaban J connectivity index is 3.17. The minimum absolute atomic E-state index is 0.210. The van der Waals surface area contributed by atoms with E-state index in [9.17, 15) is 0 Å². The van der Waals surface area contributed by atoms with Crippen molar-refractivity contribution < 1.29 is 0 Å². The van der Waals surface area contributed by atoms with Gasteiger partial charge < -0.3 is 17.2 Å². The topological polar surface area (TPSA) is 78.1 Å². The van der Waals surface area contributed by atoms with E-state index in [0.29, 0.717) is 12.5 Å². The molecule has 1 unspecified atom stereocenters. The van der Waals surface area contributed by atoms with Crippen LogP contribution in [0.4, 0.5) is 0 Å². The molecule has 1 atom stereocenters. The maximum absolute atomic E-state index is 5.34. The van der Waals surface area contributed by atoms with Crippen LogP contribution in [0.5, 0.6) is 0 Å². The van der Waals surface area contributed by atoms with E-state index in [0.717, 1.165) is 6.42 Å². The molecule has 8 heavy (non-hydrogen) atoms. The van der Waals surface area contributed by atoms with Gasteiger partial charge >= 0.3 is 0 Å². The van der Waals surface area contributed by atoms with Crippen molar-refractivity contribution in [3.63, 3.8) is 0 Å². The van der Waals surface area contributed by atoms with Gasteiger partial charge in [0.05, 0.1) is 6.17 Å². The first kappa shape index (κ1) is 7.88. The van der Waals surface area contributed by atoms with Crippen LogP contribution < -0.4 is 17.2 Å². The average Bonchev–Trinajstić information content (AvgIpc) is 1.67. The Labute approximate surface area is 50.2 Å². The maximum atomic E-state index is 5.34. The Hall–Kier alpha value is -0.120. The van der Waals surface area contributed by atoms with Crippen molar-refractivity contribution in [2.45, 2.75) is 19.5 Å². The van der Waals surface area contributed by atoms with Crippen molar-refractivity contribution in [2.24, 2.45) is 23.1 Å². The second-order valence-electron chi connectivity index (χ2n) is 2.13. The molecule has 0 amide bonds. The van der Waals surface area contributed by atoms with Crippen molar-refractivity contribution in [1.82, 2.24) is 0 Å². The van der Waals surface area contributed by atoms with Crippen LogP contribution in [-0.2, 0) is 0 Å². The molecule has 0 rings (SSSR count). The van der Waals surface area contributed by atoms with E-state index < -0.39 is 0 Å². The van der Waals surface area contributed by atoms with Crippen LogP contribution in [0, 0.1) is 5.92 Å². The summed E-state index contributed by atoms with van der Waals surface area (Å²) < 4.78 is 0. The zero-order valence-electron chi connectivity index (χ0n) is 5.30. The van der Waals surface area contributed by atoms with Gasteiger partial charge in [-0.3, -0.25) is 0 Å². The predicted molar refractivity (Wildman–Crippen MR) is 35.0 cm³/mol. The van der Waals surface area contributed by atoms with Crippen LogP contribution in [0.2, 0.25) is 0 Å². The lowest BCUT2D eigenvalue weighted by Gasteiger charge is -2.12. The van der Waals surface area contributed by atoms with Crippen LogP contribution in [-0.4, -0.2) is 12.7 Å². The molecule has 0 saturated carbocycles. The highest BCUT2D eigenvalue weighted by Gasteiger charge is 2.04. The first-order chi connectivity index (χ1) is 3.68. The van der Waals surface area contributed by atoms with Crippen LogP contribution in [0.15, 0.2) is 0 Å². The number of hydrogen-bond acceptors (Lipinski definition) is 3. The van der Waals surface area contributed by atoms with Crippen LogP contribution in [0.1, 0.15) is 13.3 Å². The number of rotatable bonds is 3. The molecule has 0 aliphatic rings. The van der Waals surface area contributed by atoms with Gasteiger partial charge in [0.25, 0.3) is 0 Å². The third kappa shape index (κ3) is 2.96. The van der Waals surface area contributed by atoms with E-state index in [1.165, 1.54) is 0 Å². The third-order valence-corrected chi connectivity index (χ3v) is 1.28. The standard InChI is InChI=1S/C5H15N3/c1-4(2-3-6)5(7)8/h4-5H,2-3,6-8H2,1H3. The summed E-state index contributed by atoms with van der Waals surface area (Å²) in [6, 6.07) is 0. The summed E-state index contributed by atoms with van der Waals surface area (Å²) in [6.07, 6.45) is 0.705. The van der Waals surface area contributed by atoms with Gasteiger partial charge in [0, 0.05) is 0 Å². The first-order valence-electron chi connectivity index (χ1n) is 2.89. The smallest absolute Gasteiger partial charge is 0.0547 e. The monoisotopic (exact) mass is 117 g/mol.